The van der Waals surface area contributed by atoms with E-state index < -0.39 is 5.97 Å². The molecule has 3 aromatic rings. The number of piperidine rings is 1. The maximum absolute atomic E-state index is 11.3. The molecule has 0 atom stereocenters. The fourth-order valence-electron chi connectivity index (χ4n) is 3.29. The van der Waals surface area contributed by atoms with Gasteiger partial charge in [-0.05, 0) is 49.1 Å². The van der Waals surface area contributed by atoms with E-state index in [1.165, 1.54) is 0 Å². The molecule has 7 heteroatoms. The first-order valence-corrected chi connectivity index (χ1v) is 10.1. The number of carbonyl (C=O) groups is 1. The van der Waals surface area contributed by atoms with Crippen LogP contribution in [0.3, 0.4) is 0 Å². The number of thiazole rings is 1. The Hall–Kier alpha value is -2.31. The zero-order chi connectivity index (χ0) is 18.8. The third-order valence-corrected chi connectivity index (χ3v) is 6.13. The molecule has 1 saturated heterocycles. The molecule has 2 heterocycles. The monoisotopic (exact) mass is 402 g/mol. The molecular formula is C20H19ClN2O3S. The Balaban J connectivity index is 1.35. The largest absolute Gasteiger partial charge is 0.492 e. The van der Waals surface area contributed by atoms with Gasteiger partial charge in [0.1, 0.15) is 11.3 Å². The van der Waals surface area contributed by atoms with Crippen LogP contribution in [-0.4, -0.2) is 35.8 Å². The van der Waals surface area contributed by atoms with Crippen LogP contribution in [0.5, 0.6) is 5.75 Å². The number of carboxylic acid groups (broad SMARTS) is 1. The molecule has 0 spiro atoms. The zero-order valence-electron chi connectivity index (χ0n) is 14.6. The highest BCUT2D eigenvalue weighted by molar-refractivity contribution is 7.22. The van der Waals surface area contributed by atoms with E-state index in [0.29, 0.717) is 18.3 Å². The van der Waals surface area contributed by atoms with Gasteiger partial charge in [0.25, 0.3) is 0 Å². The second kappa shape index (κ2) is 7.74. The molecule has 1 fully saturated rings. The maximum atomic E-state index is 11.3. The van der Waals surface area contributed by atoms with Crippen molar-refractivity contribution in [2.75, 3.05) is 24.6 Å². The van der Waals surface area contributed by atoms with Crippen molar-refractivity contribution in [3.63, 3.8) is 0 Å². The lowest BCUT2D eigenvalue weighted by molar-refractivity contribution is 0.0691. The number of benzene rings is 2. The van der Waals surface area contributed by atoms with Gasteiger partial charge in [-0.3, -0.25) is 0 Å². The lowest BCUT2D eigenvalue weighted by Gasteiger charge is -2.31. The van der Waals surface area contributed by atoms with Gasteiger partial charge in [-0.15, -0.1) is 0 Å². The number of halogens is 1. The van der Waals surface area contributed by atoms with E-state index in [0.717, 1.165) is 46.3 Å². The molecule has 2 aromatic carbocycles. The molecule has 5 nitrogen and oxygen atoms in total. The van der Waals surface area contributed by atoms with Crippen molar-refractivity contribution in [1.82, 2.24) is 4.98 Å². The van der Waals surface area contributed by atoms with E-state index in [2.05, 4.69) is 4.90 Å². The van der Waals surface area contributed by atoms with Gasteiger partial charge in [-0.1, -0.05) is 35.1 Å². The number of para-hydroxylation sites is 1. The smallest absolute Gasteiger partial charge is 0.339 e. The third kappa shape index (κ3) is 4.01. The molecule has 1 aliphatic rings. The van der Waals surface area contributed by atoms with Crippen LogP contribution in [0.25, 0.3) is 10.2 Å². The topological polar surface area (TPSA) is 62.7 Å². The first-order chi connectivity index (χ1) is 13.1. The summed E-state index contributed by atoms with van der Waals surface area (Å²) >= 11 is 7.73. The molecule has 0 radical (unpaired) electrons. The highest BCUT2D eigenvalue weighted by atomic mass is 35.5. The molecule has 1 N–H and O–H groups in total. The standard InChI is InChI=1S/C20H19ClN2O3S/c21-14-5-6-16-18(11-14)27-20(22-16)23-9-7-13(8-10-23)12-26-17-4-2-1-3-15(17)19(24)25/h1-6,11,13H,7-10,12H2,(H,24,25). The number of aromatic nitrogens is 1. The van der Waals surface area contributed by atoms with Crippen LogP contribution in [0.15, 0.2) is 42.5 Å². The van der Waals surface area contributed by atoms with Crippen molar-refractivity contribution in [2.45, 2.75) is 12.8 Å². The van der Waals surface area contributed by atoms with Crippen LogP contribution in [0.4, 0.5) is 5.13 Å². The van der Waals surface area contributed by atoms with E-state index in [4.69, 9.17) is 21.3 Å². The second-order valence-electron chi connectivity index (χ2n) is 6.65. The fourth-order valence-corrected chi connectivity index (χ4v) is 4.58. The summed E-state index contributed by atoms with van der Waals surface area (Å²) in [6, 6.07) is 12.6. The van der Waals surface area contributed by atoms with Crippen LogP contribution in [0.2, 0.25) is 5.02 Å². The molecule has 0 unspecified atom stereocenters. The Morgan fingerprint density at radius 2 is 2.04 bits per heavy atom. The summed E-state index contributed by atoms with van der Waals surface area (Å²) in [6.45, 7) is 2.37. The predicted molar refractivity (Wildman–Crippen MR) is 108 cm³/mol. The second-order valence-corrected chi connectivity index (χ2v) is 8.10. The van der Waals surface area contributed by atoms with Gasteiger partial charge in [0.2, 0.25) is 0 Å². The Morgan fingerprint density at radius 3 is 2.81 bits per heavy atom. The molecule has 1 aliphatic heterocycles. The van der Waals surface area contributed by atoms with E-state index in [9.17, 15) is 9.90 Å². The number of hydrogen-bond acceptors (Lipinski definition) is 5. The molecule has 0 amide bonds. The minimum atomic E-state index is -0.962. The molecule has 1 aromatic heterocycles. The minimum absolute atomic E-state index is 0.211. The van der Waals surface area contributed by atoms with Crippen LogP contribution in [-0.2, 0) is 0 Å². The van der Waals surface area contributed by atoms with Crippen molar-refractivity contribution < 1.29 is 14.6 Å². The summed E-state index contributed by atoms with van der Waals surface area (Å²) in [5.41, 5.74) is 1.19. The van der Waals surface area contributed by atoms with Crippen LogP contribution >= 0.6 is 22.9 Å². The van der Waals surface area contributed by atoms with Crippen molar-refractivity contribution >= 4 is 44.3 Å². The van der Waals surface area contributed by atoms with Gasteiger partial charge in [0.15, 0.2) is 5.13 Å². The van der Waals surface area contributed by atoms with Gasteiger partial charge in [0, 0.05) is 18.1 Å². The number of fused-ring (bicyclic) bond motifs is 1. The average molecular weight is 403 g/mol. The van der Waals surface area contributed by atoms with Gasteiger partial charge >= 0.3 is 5.97 Å². The number of aromatic carboxylic acids is 1. The SMILES string of the molecule is O=C(O)c1ccccc1OCC1CCN(c2nc3ccc(Cl)cc3s2)CC1. The Bertz CT molecular complexity index is 967. The highest BCUT2D eigenvalue weighted by Crippen LogP contribution is 2.33. The Kier molecular flexibility index (Phi) is 5.18. The molecule has 27 heavy (non-hydrogen) atoms. The molecule has 0 aliphatic carbocycles. The molecule has 140 valence electrons. The van der Waals surface area contributed by atoms with Crippen molar-refractivity contribution in [1.29, 1.82) is 0 Å². The quantitative estimate of drug-likeness (QED) is 0.654. The normalized spacial score (nSPS) is 15.2. The minimum Gasteiger partial charge on any atom is -0.492 e. The zero-order valence-corrected chi connectivity index (χ0v) is 16.2. The summed E-state index contributed by atoms with van der Waals surface area (Å²) < 4.78 is 6.92. The fraction of sp³-hybridized carbons (Fsp3) is 0.300. The summed E-state index contributed by atoms with van der Waals surface area (Å²) in [6.07, 6.45) is 1.98. The van der Waals surface area contributed by atoms with Gasteiger partial charge in [-0.25, -0.2) is 9.78 Å². The third-order valence-electron chi connectivity index (χ3n) is 4.82. The van der Waals surface area contributed by atoms with Crippen molar-refractivity contribution in [2.24, 2.45) is 5.92 Å². The average Bonchev–Trinajstić information content (AvgIpc) is 3.10. The molecular weight excluding hydrogens is 384 g/mol. The highest BCUT2D eigenvalue weighted by Gasteiger charge is 2.23. The summed E-state index contributed by atoms with van der Waals surface area (Å²) in [7, 11) is 0. The Morgan fingerprint density at radius 1 is 1.26 bits per heavy atom. The number of nitrogens with zero attached hydrogens (tertiary/aromatic N) is 2. The van der Waals surface area contributed by atoms with Gasteiger partial charge < -0.3 is 14.7 Å². The van der Waals surface area contributed by atoms with Crippen LogP contribution in [0.1, 0.15) is 23.2 Å². The summed E-state index contributed by atoms with van der Waals surface area (Å²) in [4.78, 5) is 18.3. The molecule has 0 saturated carbocycles. The summed E-state index contributed by atoms with van der Waals surface area (Å²) in [5.74, 6) is -0.112. The first kappa shape index (κ1) is 18.1. The van der Waals surface area contributed by atoms with Gasteiger partial charge in [-0.2, -0.15) is 0 Å². The lowest BCUT2D eigenvalue weighted by Crippen LogP contribution is -2.35. The van der Waals surface area contributed by atoms with Crippen LogP contribution < -0.4 is 9.64 Å². The summed E-state index contributed by atoms with van der Waals surface area (Å²) in [5, 5.41) is 11.0. The maximum Gasteiger partial charge on any atom is 0.339 e. The number of carboxylic acids is 1. The number of hydrogen-bond donors (Lipinski definition) is 1. The number of ether oxygens (including phenoxy) is 1. The van der Waals surface area contributed by atoms with E-state index >= 15 is 0 Å². The van der Waals surface area contributed by atoms with Gasteiger partial charge in [0.05, 0.1) is 16.8 Å². The van der Waals surface area contributed by atoms with Crippen molar-refractivity contribution in [3.05, 3.63) is 53.1 Å². The Labute approximate surface area is 166 Å². The van der Waals surface area contributed by atoms with E-state index in [1.54, 1.807) is 35.6 Å². The molecule has 0 bridgehead atoms. The number of anilines is 1. The van der Waals surface area contributed by atoms with E-state index in [1.807, 2.05) is 18.2 Å². The first-order valence-electron chi connectivity index (χ1n) is 8.86. The number of rotatable bonds is 5. The predicted octanol–water partition coefficient (Wildman–Crippen LogP) is 4.94. The lowest BCUT2D eigenvalue weighted by atomic mass is 9.98. The van der Waals surface area contributed by atoms with E-state index in [-0.39, 0.29) is 5.56 Å². The molecule has 4 rings (SSSR count). The van der Waals surface area contributed by atoms with Crippen molar-refractivity contribution in [3.8, 4) is 5.75 Å². The van der Waals surface area contributed by atoms with Crippen LogP contribution in [0, 0.1) is 5.92 Å².